The van der Waals surface area contributed by atoms with E-state index in [9.17, 15) is 24.6 Å². The van der Waals surface area contributed by atoms with E-state index in [-0.39, 0.29) is 30.3 Å². The Morgan fingerprint density at radius 2 is 1.86 bits per heavy atom. The van der Waals surface area contributed by atoms with Crippen LogP contribution in [0.3, 0.4) is 0 Å². The number of ether oxygens (including phenoxy) is 2. The van der Waals surface area contributed by atoms with Crippen LogP contribution in [0, 0.1) is 24.2 Å². The molecule has 2 aliphatic heterocycles. The number of Topliss-reactive ketones (excluding diaryl/α,β-unsaturated/α-hetero) is 1. The molecule has 1 aromatic rings. The summed E-state index contributed by atoms with van der Waals surface area (Å²) < 4.78 is 11.7. The summed E-state index contributed by atoms with van der Waals surface area (Å²) in [5.41, 5.74) is 0.0233. The largest absolute Gasteiger partial charge is 0.458 e. The summed E-state index contributed by atoms with van der Waals surface area (Å²) in [6.07, 6.45) is 2.29. The first kappa shape index (κ1) is 28.6. The number of nitrogens with zero attached hydrogens (tertiary/aromatic N) is 1. The molecule has 3 heterocycles. The number of cyclic esters (lactones) is 1. The first-order valence-electron chi connectivity index (χ1n) is 12.7. The second-order valence-corrected chi connectivity index (χ2v) is 12.1. The average molecular weight is 522 g/mol. The summed E-state index contributed by atoms with van der Waals surface area (Å²) >= 11 is 1.30. The molecule has 200 valence electrons. The molecule has 0 unspecified atom stereocenters. The third-order valence-electron chi connectivity index (χ3n) is 7.66. The van der Waals surface area contributed by atoms with Crippen LogP contribution in [0.25, 0.3) is 6.08 Å². The Hall–Kier alpha value is -1.94. The second kappa shape index (κ2) is 11.6. The van der Waals surface area contributed by atoms with Gasteiger partial charge in [0, 0.05) is 12.3 Å². The van der Waals surface area contributed by atoms with E-state index in [1.54, 1.807) is 26.8 Å². The fourth-order valence-electron chi connectivity index (χ4n) is 4.96. The monoisotopic (exact) mass is 521 g/mol. The molecule has 3 rings (SSSR count). The highest BCUT2D eigenvalue weighted by molar-refractivity contribution is 7.13. The number of aliphatic hydroxyl groups excluding tert-OH is 2. The van der Waals surface area contributed by atoms with Gasteiger partial charge in [0.2, 0.25) is 0 Å². The van der Waals surface area contributed by atoms with Gasteiger partial charge in [-0.2, -0.15) is 0 Å². The number of aryl methyl sites for hydroxylation is 1. The molecule has 7 atom stereocenters. The number of fused-ring (bicyclic) bond motifs is 1. The number of aliphatic hydroxyl groups is 2. The highest BCUT2D eigenvalue weighted by atomic mass is 32.1. The fraction of sp³-hybridized carbons (Fsp3) is 0.704. The summed E-state index contributed by atoms with van der Waals surface area (Å²) in [5, 5.41) is 22.4. The first-order valence-corrected chi connectivity index (χ1v) is 13.5. The van der Waals surface area contributed by atoms with Crippen LogP contribution in [0.2, 0.25) is 0 Å². The van der Waals surface area contributed by atoms with Gasteiger partial charge in [0.05, 0.1) is 51.8 Å². The molecule has 0 radical (unpaired) electrons. The highest BCUT2D eigenvalue weighted by Crippen LogP contribution is 2.36. The van der Waals surface area contributed by atoms with Gasteiger partial charge in [-0.3, -0.25) is 14.4 Å². The summed E-state index contributed by atoms with van der Waals surface area (Å²) in [6, 6.07) is 0. The number of carbonyl (C=O) groups is 3. The molecule has 9 heteroatoms. The smallest absolute Gasteiger partial charge is 0.309 e. The van der Waals surface area contributed by atoms with Gasteiger partial charge in [0.25, 0.3) is 0 Å². The summed E-state index contributed by atoms with van der Waals surface area (Å²) in [4.78, 5) is 42.5. The van der Waals surface area contributed by atoms with Crippen LogP contribution in [0.1, 0.15) is 87.1 Å². The number of aromatic nitrogens is 1. The minimum absolute atomic E-state index is 0.0480. The molecular weight excluding hydrogens is 482 g/mol. The number of thiazole rings is 1. The minimum atomic E-state index is -1.27. The SMILES string of the molecule is C/C(=C\c1nc(C)sc1C=O)[C@@H]1C[C@@H]2O[C@@H]2CCC[C@H](C)[C@H](O)[C@@H](C)C(=O)C(C)(C)[C@@H](O)CC(=O)O1. The fourth-order valence-corrected chi connectivity index (χ4v) is 5.68. The number of hydrogen-bond acceptors (Lipinski definition) is 9. The van der Waals surface area contributed by atoms with Crippen molar-refractivity contribution in [3.63, 3.8) is 0 Å². The zero-order valence-corrected chi connectivity index (χ0v) is 22.8. The Morgan fingerprint density at radius 1 is 1.17 bits per heavy atom. The number of carbonyl (C=O) groups excluding carboxylic acids is 3. The number of hydrogen-bond donors (Lipinski definition) is 2. The van der Waals surface area contributed by atoms with Crippen molar-refractivity contribution in [3.8, 4) is 0 Å². The quantitative estimate of drug-likeness (QED) is 0.348. The third kappa shape index (κ3) is 6.68. The molecule has 0 aliphatic carbocycles. The number of esters is 1. The Bertz CT molecular complexity index is 1000. The standard InChI is InChI=1S/C27H39NO7S/c1-14-8-7-9-19-21(34-19)11-20(15(2)10-18-22(13-29)36-17(4)28-18)35-24(31)12-23(30)27(5,6)26(33)16(3)25(14)32/h10,13-14,16,19-21,23,25,30,32H,7-9,11-12H2,1-6H3/b15-10+/t14-,16+,19+,20-,21-,23-,25-/m0/s1. The lowest BCUT2D eigenvalue weighted by atomic mass is 9.73. The maximum atomic E-state index is 13.2. The van der Waals surface area contributed by atoms with Crippen LogP contribution < -0.4 is 0 Å². The second-order valence-electron chi connectivity index (χ2n) is 10.9. The molecule has 1 aromatic heterocycles. The molecule has 8 nitrogen and oxygen atoms in total. The lowest BCUT2D eigenvalue weighted by molar-refractivity contribution is -0.154. The van der Waals surface area contributed by atoms with Gasteiger partial charge >= 0.3 is 5.97 Å². The zero-order valence-electron chi connectivity index (χ0n) is 22.0. The molecule has 2 fully saturated rings. The van der Waals surface area contributed by atoms with E-state index in [0.717, 1.165) is 36.1 Å². The normalized spacial score (nSPS) is 34.6. The highest BCUT2D eigenvalue weighted by Gasteiger charge is 2.44. The van der Waals surface area contributed by atoms with E-state index in [4.69, 9.17) is 9.47 Å². The lowest BCUT2D eigenvalue weighted by Crippen LogP contribution is -2.45. The van der Waals surface area contributed by atoms with E-state index in [1.165, 1.54) is 11.3 Å². The predicted molar refractivity (Wildman–Crippen MR) is 137 cm³/mol. The van der Waals surface area contributed by atoms with Crippen LogP contribution in [-0.4, -0.2) is 63.8 Å². The Morgan fingerprint density at radius 3 is 2.53 bits per heavy atom. The molecule has 0 amide bonds. The molecule has 0 bridgehead atoms. The molecule has 2 aliphatic rings. The molecule has 0 saturated carbocycles. The number of aldehydes is 1. The van der Waals surface area contributed by atoms with Gasteiger partial charge in [-0.1, -0.05) is 34.1 Å². The minimum Gasteiger partial charge on any atom is -0.458 e. The Kier molecular flexibility index (Phi) is 9.25. The van der Waals surface area contributed by atoms with Gasteiger partial charge < -0.3 is 19.7 Å². The van der Waals surface area contributed by atoms with Gasteiger partial charge in [0.1, 0.15) is 11.9 Å². The maximum absolute atomic E-state index is 13.2. The van der Waals surface area contributed by atoms with Crippen LogP contribution in [0.5, 0.6) is 0 Å². The summed E-state index contributed by atoms with van der Waals surface area (Å²) in [5.74, 6) is -1.67. The van der Waals surface area contributed by atoms with Crippen molar-refractivity contribution in [1.82, 2.24) is 4.98 Å². The molecule has 0 spiro atoms. The number of rotatable bonds is 3. The molecular formula is C27H39NO7S. The lowest BCUT2D eigenvalue weighted by Gasteiger charge is -2.34. The van der Waals surface area contributed by atoms with Crippen LogP contribution in [0.15, 0.2) is 5.57 Å². The van der Waals surface area contributed by atoms with E-state index < -0.39 is 35.6 Å². The van der Waals surface area contributed by atoms with Crippen molar-refractivity contribution < 1.29 is 34.1 Å². The van der Waals surface area contributed by atoms with Crippen molar-refractivity contribution in [2.75, 3.05) is 0 Å². The summed E-state index contributed by atoms with van der Waals surface area (Å²) in [6.45, 7) is 10.5. The van der Waals surface area contributed by atoms with Crippen LogP contribution in [-0.2, 0) is 19.1 Å². The summed E-state index contributed by atoms with van der Waals surface area (Å²) in [7, 11) is 0. The van der Waals surface area contributed by atoms with E-state index in [1.807, 2.05) is 20.8 Å². The van der Waals surface area contributed by atoms with Gasteiger partial charge in [-0.15, -0.1) is 11.3 Å². The Balaban J connectivity index is 1.85. The third-order valence-corrected chi connectivity index (χ3v) is 8.57. The van der Waals surface area contributed by atoms with E-state index >= 15 is 0 Å². The number of epoxide rings is 1. The maximum Gasteiger partial charge on any atom is 0.309 e. The van der Waals surface area contributed by atoms with Gasteiger partial charge in [0.15, 0.2) is 6.29 Å². The Labute approximate surface area is 217 Å². The van der Waals surface area contributed by atoms with Crippen molar-refractivity contribution in [2.24, 2.45) is 17.3 Å². The molecule has 2 saturated heterocycles. The molecule has 0 aromatic carbocycles. The number of ketones is 1. The zero-order chi connectivity index (χ0) is 26.8. The first-order chi connectivity index (χ1) is 16.8. The van der Waals surface area contributed by atoms with Crippen molar-refractivity contribution in [1.29, 1.82) is 0 Å². The molecule has 36 heavy (non-hydrogen) atoms. The van der Waals surface area contributed by atoms with Crippen LogP contribution >= 0.6 is 11.3 Å². The van der Waals surface area contributed by atoms with Crippen molar-refractivity contribution in [2.45, 2.75) is 104 Å². The molecule has 2 N–H and O–H groups in total. The predicted octanol–water partition coefficient (Wildman–Crippen LogP) is 3.90. The van der Waals surface area contributed by atoms with E-state index in [2.05, 4.69) is 4.98 Å². The topological polar surface area (TPSA) is 126 Å². The average Bonchev–Trinajstić information content (AvgIpc) is 3.46. The van der Waals surface area contributed by atoms with Crippen molar-refractivity contribution >= 4 is 35.5 Å². The van der Waals surface area contributed by atoms with Crippen LogP contribution in [0.4, 0.5) is 0 Å². The van der Waals surface area contributed by atoms with E-state index in [0.29, 0.717) is 17.0 Å². The van der Waals surface area contributed by atoms with Gasteiger partial charge in [-0.25, -0.2) is 4.98 Å². The van der Waals surface area contributed by atoms with Gasteiger partial charge in [-0.05, 0) is 44.3 Å². The van der Waals surface area contributed by atoms with Crippen molar-refractivity contribution in [3.05, 3.63) is 21.2 Å².